The van der Waals surface area contributed by atoms with Gasteiger partial charge in [0.2, 0.25) is 0 Å². The second kappa shape index (κ2) is 7.72. The fourth-order valence-corrected chi connectivity index (χ4v) is 3.76. The van der Waals surface area contributed by atoms with Gasteiger partial charge in [-0.25, -0.2) is 14.6 Å². The van der Waals surface area contributed by atoms with E-state index in [1.165, 1.54) is 11.3 Å². The van der Waals surface area contributed by atoms with Crippen molar-refractivity contribution >= 4 is 39.9 Å². The molecule has 2 aromatic carbocycles. The van der Waals surface area contributed by atoms with Crippen LogP contribution >= 0.6 is 11.3 Å². The predicted octanol–water partition coefficient (Wildman–Crippen LogP) is 3.08. The van der Waals surface area contributed by atoms with Crippen molar-refractivity contribution in [1.82, 2.24) is 15.0 Å². The molecule has 0 unspecified atom stereocenters. The molecule has 0 spiro atoms. The number of anilines is 1. The van der Waals surface area contributed by atoms with Crippen molar-refractivity contribution in [3.63, 3.8) is 0 Å². The average Bonchev–Trinajstić information content (AvgIpc) is 3.28. The van der Waals surface area contributed by atoms with Crippen LogP contribution in [0.4, 0.5) is 5.69 Å². The molecule has 4 aromatic rings. The number of fused-ring (bicyclic) bond motifs is 1. The van der Waals surface area contributed by atoms with Crippen LogP contribution in [-0.2, 0) is 9.53 Å². The van der Waals surface area contributed by atoms with Crippen LogP contribution in [0.15, 0.2) is 53.3 Å². The predicted molar refractivity (Wildman–Crippen MR) is 110 cm³/mol. The van der Waals surface area contributed by atoms with E-state index in [0.29, 0.717) is 32.3 Å². The summed E-state index contributed by atoms with van der Waals surface area (Å²) in [6.45, 7) is 1.30. The summed E-state index contributed by atoms with van der Waals surface area (Å²) >= 11 is 1.23. The summed E-state index contributed by atoms with van der Waals surface area (Å²) in [7, 11) is 0. The summed E-state index contributed by atoms with van der Waals surface area (Å²) in [6.07, 6.45) is 0. The molecule has 0 aliphatic rings. The van der Waals surface area contributed by atoms with Crippen LogP contribution in [0.2, 0.25) is 0 Å². The van der Waals surface area contributed by atoms with E-state index in [9.17, 15) is 14.4 Å². The smallest absolute Gasteiger partial charge is 0.350 e. The lowest BCUT2D eigenvalue weighted by Crippen LogP contribution is -2.20. The number of hydrogen-bond donors (Lipinski definition) is 3. The zero-order valence-electron chi connectivity index (χ0n) is 15.3. The molecule has 3 N–H and O–H groups in total. The first-order valence-electron chi connectivity index (χ1n) is 8.71. The van der Waals surface area contributed by atoms with E-state index >= 15 is 0 Å². The number of benzene rings is 2. The Kier molecular flexibility index (Phi) is 4.96. The van der Waals surface area contributed by atoms with Gasteiger partial charge in [-0.15, -0.1) is 11.3 Å². The van der Waals surface area contributed by atoms with Gasteiger partial charge in [-0.2, -0.15) is 0 Å². The molecule has 0 radical (unpaired) electrons. The van der Waals surface area contributed by atoms with Crippen LogP contribution in [0.25, 0.3) is 21.6 Å². The fraction of sp³-hybridized carbons (Fsp3) is 0.100. The van der Waals surface area contributed by atoms with Crippen LogP contribution in [0, 0.1) is 6.92 Å². The van der Waals surface area contributed by atoms with E-state index < -0.39 is 18.5 Å². The van der Waals surface area contributed by atoms with Gasteiger partial charge in [-0.05, 0) is 25.1 Å². The number of amides is 1. The lowest BCUT2D eigenvalue weighted by molar-refractivity contribution is -0.119. The van der Waals surface area contributed by atoms with Crippen LogP contribution in [0.5, 0.6) is 0 Å². The zero-order valence-corrected chi connectivity index (χ0v) is 16.1. The number of imidazole rings is 1. The number of aromatic nitrogens is 3. The van der Waals surface area contributed by atoms with Gasteiger partial charge in [0, 0.05) is 11.3 Å². The van der Waals surface area contributed by atoms with Crippen molar-refractivity contribution in [2.45, 2.75) is 6.92 Å². The first-order chi connectivity index (χ1) is 14.0. The summed E-state index contributed by atoms with van der Waals surface area (Å²) in [5.74, 6) is -1.08. The van der Waals surface area contributed by atoms with Gasteiger partial charge in [0.25, 0.3) is 5.91 Å². The fourth-order valence-electron chi connectivity index (χ4n) is 2.79. The highest BCUT2D eigenvalue weighted by atomic mass is 32.1. The second-order valence-electron chi connectivity index (χ2n) is 6.26. The Morgan fingerprint density at radius 1 is 1.10 bits per heavy atom. The number of rotatable bonds is 5. The molecule has 8 nitrogen and oxygen atoms in total. The van der Waals surface area contributed by atoms with E-state index in [1.807, 2.05) is 30.3 Å². The molecule has 0 saturated carbocycles. The van der Waals surface area contributed by atoms with Crippen molar-refractivity contribution in [1.29, 1.82) is 0 Å². The van der Waals surface area contributed by atoms with E-state index in [-0.39, 0.29) is 5.69 Å². The number of H-pyrrole nitrogens is 2. The summed E-state index contributed by atoms with van der Waals surface area (Å²) in [5, 5.41) is 3.35. The van der Waals surface area contributed by atoms with Crippen molar-refractivity contribution in [3.05, 3.63) is 69.6 Å². The minimum absolute atomic E-state index is 0.327. The van der Waals surface area contributed by atoms with Gasteiger partial charge in [-0.3, -0.25) is 4.79 Å². The number of hydrogen-bond acceptors (Lipinski definition) is 6. The Hall–Kier alpha value is -3.72. The van der Waals surface area contributed by atoms with Crippen molar-refractivity contribution in [3.8, 4) is 10.6 Å². The number of thiazole rings is 1. The van der Waals surface area contributed by atoms with E-state index in [1.54, 1.807) is 25.1 Å². The lowest BCUT2D eigenvalue weighted by Gasteiger charge is -2.06. The molecule has 146 valence electrons. The first-order valence-corrected chi connectivity index (χ1v) is 9.53. The Labute approximate surface area is 168 Å². The highest BCUT2D eigenvalue weighted by molar-refractivity contribution is 7.17. The highest BCUT2D eigenvalue weighted by Crippen LogP contribution is 2.28. The Balaban J connectivity index is 1.39. The number of carbonyl (C=O) groups is 2. The van der Waals surface area contributed by atoms with Crippen molar-refractivity contribution in [2.24, 2.45) is 0 Å². The van der Waals surface area contributed by atoms with Crippen LogP contribution in [-0.4, -0.2) is 33.4 Å². The molecule has 0 bridgehead atoms. The highest BCUT2D eigenvalue weighted by Gasteiger charge is 2.18. The largest absolute Gasteiger partial charge is 0.451 e. The molecular weight excluding hydrogens is 392 g/mol. The molecule has 29 heavy (non-hydrogen) atoms. The first kappa shape index (κ1) is 18.6. The molecule has 2 aromatic heterocycles. The Morgan fingerprint density at radius 2 is 1.86 bits per heavy atom. The minimum Gasteiger partial charge on any atom is -0.451 e. The molecule has 1 amide bonds. The van der Waals surface area contributed by atoms with E-state index in [2.05, 4.69) is 20.3 Å². The van der Waals surface area contributed by atoms with Gasteiger partial charge in [0.15, 0.2) is 6.61 Å². The molecule has 0 atom stereocenters. The summed E-state index contributed by atoms with van der Waals surface area (Å²) in [6, 6.07) is 14.5. The quantitative estimate of drug-likeness (QED) is 0.439. The SMILES string of the molecule is Cc1nc(-c2ccccc2)sc1C(=O)OCC(=O)Nc1ccc2[nH]c(=O)[nH]c2c1. The maximum Gasteiger partial charge on any atom is 0.350 e. The van der Waals surface area contributed by atoms with Crippen molar-refractivity contribution < 1.29 is 14.3 Å². The van der Waals surface area contributed by atoms with Crippen LogP contribution < -0.4 is 11.0 Å². The third-order valence-electron chi connectivity index (χ3n) is 4.14. The van der Waals surface area contributed by atoms with Crippen LogP contribution in [0.1, 0.15) is 15.4 Å². The summed E-state index contributed by atoms with van der Waals surface area (Å²) < 4.78 is 5.14. The summed E-state index contributed by atoms with van der Waals surface area (Å²) in [4.78, 5) is 45.8. The third kappa shape index (κ3) is 4.09. The monoisotopic (exact) mass is 408 g/mol. The second-order valence-corrected chi connectivity index (χ2v) is 7.26. The minimum atomic E-state index is -0.595. The Morgan fingerprint density at radius 3 is 2.66 bits per heavy atom. The van der Waals surface area contributed by atoms with Gasteiger partial charge in [0.1, 0.15) is 9.88 Å². The standard InChI is InChI=1S/C20H16N4O4S/c1-11-17(29-18(21-11)12-5-3-2-4-6-12)19(26)28-10-16(25)22-13-7-8-14-15(9-13)24-20(27)23-14/h2-9H,10H2,1H3,(H,22,25)(H2,23,24,27). The number of esters is 1. The van der Waals surface area contributed by atoms with Gasteiger partial charge in [0.05, 0.1) is 16.7 Å². The van der Waals surface area contributed by atoms with Gasteiger partial charge < -0.3 is 20.0 Å². The van der Waals surface area contributed by atoms with E-state index in [4.69, 9.17) is 4.74 Å². The molecule has 0 aliphatic carbocycles. The average molecular weight is 408 g/mol. The van der Waals surface area contributed by atoms with Crippen molar-refractivity contribution in [2.75, 3.05) is 11.9 Å². The summed E-state index contributed by atoms with van der Waals surface area (Å²) in [5.41, 5.74) is 2.82. The molecule has 0 saturated heterocycles. The molecule has 2 heterocycles. The topological polar surface area (TPSA) is 117 Å². The number of nitrogens with zero attached hydrogens (tertiary/aromatic N) is 1. The molecule has 9 heteroatoms. The number of nitrogens with one attached hydrogen (secondary N) is 3. The third-order valence-corrected chi connectivity index (χ3v) is 5.32. The molecule has 0 fully saturated rings. The maximum atomic E-state index is 12.4. The molecular formula is C20H16N4O4S. The number of ether oxygens (including phenoxy) is 1. The van der Waals surface area contributed by atoms with Gasteiger partial charge in [-0.1, -0.05) is 30.3 Å². The van der Waals surface area contributed by atoms with E-state index in [0.717, 1.165) is 5.56 Å². The van der Waals surface area contributed by atoms with Crippen LogP contribution in [0.3, 0.4) is 0 Å². The normalized spacial score (nSPS) is 10.8. The lowest BCUT2D eigenvalue weighted by atomic mass is 10.2. The number of aryl methyl sites for hydroxylation is 1. The number of carbonyl (C=O) groups excluding carboxylic acids is 2. The molecule has 4 rings (SSSR count). The molecule has 0 aliphatic heterocycles. The maximum absolute atomic E-state index is 12.4. The zero-order chi connectivity index (χ0) is 20.4. The Bertz CT molecular complexity index is 1260. The van der Waals surface area contributed by atoms with Gasteiger partial charge >= 0.3 is 11.7 Å². The number of aromatic amines is 2.